The van der Waals surface area contributed by atoms with Gasteiger partial charge in [-0.3, -0.25) is 9.88 Å². The molecule has 0 radical (unpaired) electrons. The molecule has 0 saturated heterocycles. The molecule has 1 aromatic heterocycles. The van der Waals surface area contributed by atoms with Gasteiger partial charge in [-0.25, -0.2) is 0 Å². The molecule has 0 unspecified atom stereocenters. The van der Waals surface area contributed by atoms with Crippen LogP contribution in [0.2, 0.25) is 0 Å². The summed E-state index contributed by atoms with van der Waals surface area (Å²) < 4.78 is 0. The Morgan fingerprint density at radius 3 is 2.52 bits per heavy atom. The minimum Gasteiger partial charge on any atom is -0.293 e. The SMILES string of the molecule is CC(C)CN(Cc1ccccn1)Cc1ccccc1C#N. The highest BCUT2D eigenvalue weighted by Crippen LogP contribution is 2.14. The van der Waals surface area contributed by atoms with Gasteiger partial charge in [0, 0.05) is 25.8 Å². The predicted molar refractivity (Wildman–Crippen MR) is 84.3 cm³/mol. The standard InChI is InChI=1S/C18H21N3/c1-15(2)12-21(14-18-9-5-6-10-20-18)13-17-8-4-3-7-16(17)11-19/h3-10,15H,12-14H2,1-2H3. The Balaban J connectivity index is 2.15. The van der Waals surface area contributed by atoms with Crippen LogP contribution in [0, 0.1) is 17.2 Å². The molecule has 0 aliphatic carbocycles. The third-order valence-corrected chi connectivity index (χ3v) is 3.27. The predicted octanol–water partition coefficient (Wildman–Crippen LogP) is 3.61. The van der Waals surface area contributed by atoms with Crippen LogP contribution in [0.3, 0.4) is 0 Å². The average Bonchev–Trinajstić information content (AvgIpc) is 2.48. The first kappa shape index (κ1) is 15.2. The first-order valence-corrected chi connectivity index (χ1v) is 7.29. The normalized spacial score (nSPS) is 10.8. The van der Waals surface area contributed by atoms with Crippen molar-refractivity contribution in [3.05, 3.63) is 65.5 Å². The fourth-order valence-electron chi connectivity index (χ4n) is 2.43. The van der Waals surface area contributed by atoms with E-state index < -0.39 is 0 Å². The molecule has 0 aliphatic rings. The molecule has 3 nitrogen and oxygen atoms in total. The molecule has 0 atom stereocenters. The second-order valence-electron chi connectivity index (χ2n) is 5.65. The molecule has 0 bridgehead atoms. The van der Waals surface area contributed by atoms with Crippen LogP contribution in [0.5, 0.6) is 0 Å². The molecular formula is C18H21N3. The van der Waals surface area contributed by atoms with E-state index in [2.05, 4.69) is 29.8 Å². The smallest absolute Gasteiger partial charge is 0.0995 e. The summed E-state index contributed by atoms with van der Waals surface area (Å²) in [5.41, 5.74) is 2.90. The summed E-state index contributed by atoms with van der Waals surface area (Å²) in [6.07, 6.45) is 1.83. The van der Waals surface area contributed by atoms with Gasteiger partial charge in [0.2, 0.25) is 0 Å². The highest BCUT2D eigenvalue weighted by atomic mass is 15.1. The Kier molecular flexibility index (Phi) is 5.48. The maximum Gasteiger partial charge on any atom is 0.0995 e. The Morgan fingerprint density at radius 2 is 1.86 bits per heavy atom. The molecule has 2 aromatic rings. The lowest BCUT2D eigenvalue weighted by atomic mass is 10.1. The number of nitriles is 1. The molecule has 108 valence electrons. The van der Waals surface area contributed by atoms with Crippen molar-refractivity contribution in [2.24, 2.45) is 5.92 Å². The zero-order valence-electron chi connectivity index (χ0n) is 12.7. The van der Waals surface area contributed by atoms with Gasteiger partial charge in [-0.1, -0.05) is 38.1 Å². The van der Waals surface area contributed by atoms with E-state index in [1.165, 1.54) is 0 Å². The third-order valence-electron chi connectivity index (χ3n) is 3.27. The molecule has 21 heavy (non-hydrogen) atoms. The molecule has 0 aliphatic heterocycles. The molecule has 3 heteroatoms. The van der Waals surface area contributed by atoms with Gasteiger partial charge in [0.05, 0.1) is 17.3 Å². The van der Waals surface area contributed by atoms with Gasteiger partial charge < -0.3 is 0 Å². The number of benzene rings is 1. The van der Waals surface area contributed by atoms with Crippen molar-refractivity contribution in [3.8, 4) is 6.07 Å². The summed E-state index contributed by atoms with van der Waals surface area (Å²) in [4.78, 5) is 6.75. The minimum absolute atomic E-state index is 0.572. The van der Waals surface area contributed by atoms with Crippen LogP contribution in [0.1, 0.15) is 30.7 Å². The molecule has 0 N–H and O–H groups in total. The van der Waals surface area contributed by atoms with Crippen molar-refractivity contribution >= 4 is 0 Å². The molecule has 0 saturated carbocycles. The molecule has 0 spiro atoms. The molecule has 0 fully saturated rings. The van der Waals surface area contributed by atoms with Crippen molar-refractivity contribution in [2.75, 3.05) is 6.54 Å². The van der Waals surface area contributed by atoms with Crippen LogP contribution in [0.4, 0.5) is 0 Å². The van der Waals surface area contributed by atoms with E-state index in [1.54, 1.807) is 0 Å². The van der Waals surface area contributed by atoms with Crippen LogP contribution in [-0.4, -0.2) is 16.4 Å². The summed E-state index contributed by atoms with van der Waals surface area (Å²) in [5, 5.41) is 9.22. The number of rotatable bonds is 6. The van der Waals surface area contributed by atoms with Crippen molar-refractivity contribution in [2.45, 2.75) is 26.9 Å². The Morgan fingerprint density at radius 1 is 1.10 bits per heavy atom. The topological polar surface area (TPSA) is 39.9 Å². The fraction of sp³-hybridized carbons (Fsp3) is 0.333. The summed E-state index contributed by atoms with van der Waals surface area (Å²) in [6, 6.07) is 16.1. The maximum atomic E-state index is 9.22. The largest absolute Gasteiger partial charge is 0.293 e. The average molecular weight is 279 g/mol. The minimum atomic E-state index is 0.572. The van der Waals surface area contributed by atoms with Crippen molar-refractivity contribution in [1.29, 1.82) is 5.26 Å². The van der Waals surface area contributed by atoms with Crippen LogP contribution in [0.15, 0.2) is 48.7 Å². The van der Waals surface area contributed by atoms with E-state index in [9.17, 15) is 5.26 Å². The van der Waals surface area contributed by atoms with E-state index in [1.807, 2.05) is 48.7 Å². The van der Waals surface area contributed by atoms with E-state index in [0.29, 0.717) is 5.92 Å². The zero-order valence-corrected chi connectivity index (χ0v) is 12.7. The molecule has 0 amide bonds. The van der Waals surface area contributed by atoms with Gasteiger partial charge >= 0.3 is 0 Å². The zero-order chi connectivity index (χ0) is 15.1. The lowest BCUT2D eigenvalue weighted by molar-refractivity contribution is 0.225. The number of nitrogens with zero attached hydrogens (tertiary/aromatic N) is 3. The summed E-state index contributed by atoms with van der Waals surface area (Å²) >= 11 is 0. The number of hydrogen-bond donors (Lipinski definition) is 0. The highest BCUT2D eigenvalue weighted by molar-refractivity contribution is 5.37. The third kappa shape index (κ3) is 4.70. The molecule has 2 rings (SSSR count). The van der Waals surface area contributed by atoms with Crippen LogP contribution in [0.25, 0.3) is 0 Å². The van der Waals surface area contributed by atoms with E-state index in [4.69, 9.17) is 0 Å². The Labute approximate surface area is 126 Å². The Bertz CT molecular complexity index is 599. The first-order chi connectivity index (χ1) is 10.2. The van der Waals surface area contributed by atoms with Crippen molar-refractivity contribution in [1.82, 2.24) is 9.88 Å². The lowest BCUT2D eigenvalue weighted by Crippen LogP contribution is -2.27. The molecule has 1 heterocycles. The second-order valence-corrected chi connectivity index (χ2v) is 5.65. The number of aromatic nitrogens is 1. The van der Waals surface area contributed by atoms with Crippen LogP contribution in [-0.2, 0) is 13.1 Å². The summed E-state index contributed by atoms with van der Waals surface area (Å²) in [7, 11) is 0. The van der Waals surface area contributed by atoms with Crippen molar-refractivity contribution < 1.29 is 0 Å². The first-order valence-electron chi connectivity index (χ1n) is 7.29. The van der Waals surface area contributed by atoms with Gasteiger partial charge in [0.25, 0.3) is 0 Å². The van der Waals surface area contributed by atoms with Gasteiger partial charge in [-0.15, -0.1) is 0 Å². The second kappa shape index (κ2) is 7.56. The monoisotopic (exact) mass is 279 g/mol. The quantitative estimate of drug-likeness (QED) is 0.811. The van der Waals surface area contributed by atoms with Gasteiger partial charge in [-0.2, -0.15) is 5.26 Å². The maximum absolute atomic E-state index is 9.22. The number of hydrogen-bond acceptors (Lipinski definition) is 3. The van der Waals surface area contributed by atoms with Gasteiger partial charge in [0.15, 0.2) is 0 Å². The highest BCUT2D eigenvalue weighted by Gasteiger charge is 2.12. The number of pyridine rings is 1. The molecule has 1 aromatic carbocycles. The van der Waals surface area contributed by atoms with Crippen LogP contribution < -0.4 is 0 Å². The lowest BCUT2D eigenvalue weighted by Gasteiger charge is -2.24. The van der Waals surface area contributed by atoms with E-state index in [0.717, 1.165) is 36.5 Å². The van der Waals surface area contributed by atoms with E-state index >= 15 is 0 Å². The molecular weight excluding hydrogens is 258 g/mol. The van der Waals surface area contributed by atoms with E-state index in [-0.39, 0.29) is 0 Å². The van der Waals surface area contributed by atoms with Crippen LogP contribution >= 0.6 is 0 Å². The van der Waals surface area contributed by atoms with Gasteiger partial charge in [-0.05, 0) is 29.7 Å². The van der Waals surface area contributed by atoms with Gasteiger partial charge in [0.1, 0.15) is 0 Å². The Hall–Kier alpha value is -2.18. The summed E-state index contributed by atoms with van der Waals surface area (Å²) in [6.45, 7) is 6.98. The summed E-state index contributed by atoms with van der Waals surface area (Å²) in [5.74, 6) is 0.572. The van der Waals surface area contributed by atoms with Crippen molar-refractivity contribution in [3.63, 3.8) is 0 Å². The fourth-order valence-corrected chi connectivity index (χ4v) is 2.43.